The van der Waals surface area contributed by atoms with E-state index in [1.165, 1.54) is 0 Å². The van der Waals surface area contributed by atoms with Crippen LogP contribution in [0.15, 0.2) is 18.2 Å². The number of nitrogen functional groups attached to an aromatic ring is 1. The van der Waals surface area contributed by atoms with E-state index in [1.54, 1.807) is 0 Å². The molecule has 0 aliphatic rings. The number of hydrogen-bond donors (Lipinski definition) is 1. The Kier molecular flexibility index (Phi) is 3.33. The second-order valence-electron chi connectivity index (χ2n) is 4.29. The van der Waals surface area contributed by atoms with E-state index < -0.39 is 0 Å². The van der Waals surface area contributed by atoms with Crippen molar-refractivity contribution in [2.75, 3.05) is 18.9 Å². The molecule has 2 aromatic rings. The zero-order chi connectivity index (χ0) is 12.4. The fraction of sp³-hybridized carbons (Fsp3) is 0.462. The van der Waals surface area contributed by atoms with E-state index in [9.17, 15) is 0 Å². The number of hydrogen-bond acceptors (Lipinski definition) is 3. The summed E-state index contributed by atoms with van der Waals surface area (Å²) >= 11 is 0. The summed E-state index contributed by atoms with van der Waals surface area (Å²) in [5, 5.41) is 0. The maximum absolute atomic E-state index is 5.77. The van der Waals surface area contributed by atoms with Crippen molar-refractivity contribution in [3.8, 4) is 0 Å². The van der Waals surface area contributed by atoms with Crippen molar-refractivity contribution in [2.24, 2.45) is 0 Å². The molecule has 0 saturated heterocycles. The molecule has 0 fully saturated rings. The third kappa shape index (κ3) is 2.26. The summed E-state index contributed by atoms with van der Waals surface area (Å²) < 4.78 is 7.67. The zero-order valence-corrected chi connectivity index (χ0v) is 10.6. The molecule has 2 N–H and O–H groups in total. The standard InChI is InChI=1S/C13H19N3O/c1-4-17-8-9(2)16-10(3)15-12-7-11(14)5-6-13(12)16/h5-7,9H,4,8,14H2,1-3H3. The molecular formula is C13H19N3O. The largest absolute Gasteiger partial charge is 0.399 e. The Morgan fingerprint density at radius 3 is 2.94 bits per heavy atom. The number of anilines is 1. The van der Waals surface area contributed by atoms with Crippen molar-refractivity contribution in [1.29, 1.82) is 0 Å². The highest BCUT2D eigenvalue weighted by atomic mass is 16.5. The minimum absolute atomic E-state index is 0.281. The number of aryl methyl sites for hydroxylation is 1. The predicted molar refractivity (Wildman–Crippen MR) is 70.1 cm³/mol. The summed E-state index contributed by atoms with van der Waals surface area (Å²) in [6.45, 7) is 7.60. The average molecular weight is 233 g/mol. The van der Waals surface area contributed by atoms with Crippen LogP contribution in [-0.2, 0) is 4.74 Å². The zero-order valence-electron chi connectivity index (χ0n) is 10.6. The molecule has 1 atom stereocenters. The Morgan fingerprint density at radius 2 is 2.24 bits per heavy atom. The first-order valence-electron chi connectivity index (χ1n) is 5.95. The van der Waals surface area contributed by atoms with Gasteiger partial charge < -0.3 is 15.0 Å². The van der Waals surface area contributed by atoms with Gasteiger partial charge in [-0.25, -0.2) is 4.98 Å². The molecule has 2 rings (SSSR count). The summed E-state index contributed by atoms with van der Waals surface area (Å²) in [7, 11) is 0. The lowest BCUT2D eigenvalue weighted by molar-refractivity contribution is 0.119. The van der Waals surface area contributed by atoms with Gasteiger partial charge >= 0.3 is 0 Å². The van der Waals surface area contributed by atoms with E-state index in [0.29, 0.717) is 6.61 Å². The van der Waals surface area contributed by atoms with Gasteiger partial charge in [0.05, 0.1) is 23.7 Å². The van der Waals surface area contributed by atoms with Crippen LogP contribution in [0.2, 0.25) is 0 Å². The van der Waals surface area contributed by atoms with Crippen molar-refractivity contribution in [1.82, 2.24) is 9.55 Å². The van der Waals surface area contributed by atoms with Crippen LogP contribution in [0.3, 0.4) is 0 Å². The smallest absolute Gasteiger partial charge is 0.107 e. The molecule has 0 aliphatic carbocycles. The van der Waals surface area contributed by atoms with Crippen LogP contribution in [0.4, 0.5) is 5.69 Å². The van der Waals surface area contributed by atoms with Crippen molar-refractivity contribution >= 4 is 16.7 Å². The second-order valence-corrected chi connectivity index (χ2v) is 4.29. The van der Waals surface area contributed by atoms with Crippen LogP contribution in [0.5, 0.6) is 0 Å². The second kappa shape index (κ2) is 4.75. The first-order valence-corrected chi connectivity index (χ1v) is 5.95. The van der Waals surface area contributed by atoms with Crippen molar-refractivity contribution in [3.63, 3.8) is 0 Å². The number of rotatable bonds is 4. The summed E-state index contributed by atoms with van der Waals surface area (Å²) in [6, 6.07) is 6.12. The SMILES string of the molecule is CCOCC(C)n1c(C)nc2cc(N)ccc21. The van der Waals surface area contributed by atoms with Gasteiger partial charge in [0.1, 0.15) is 5.82 Å². The van der Waals surface area contributed by atoms with Gasteiger partial charge in [-0.3, -0.25) is 0 Å². The first-order chi connectivity index (χ1) is 8.13. The molecule has 0 radical (unpaired) electrons. The Hall–Kier alpha value is -1.55. The van der Waals surface area contributed by atoms with Crippen molar-refractivity contribution in [3.05, 3.63) is 24.0 Å². The number of imidazole rings is 1. The van der Waals surface area contributed by atoms with Gasteiger partial charge in [-0.1, -0.05) is 0 Å². The van der Waals surface area contributed by atoms with Gasteiger partial charge in [0.15, 0.2) is 0 Å². The molecule has 1 unspecified atom stereocenters. The summed E-state index contributed by atoms with van der Waals surface area (Å²) in [6.07, 6.45) is 0. The van der Waals surface area contributed by atoms with Gasteiger partial charge in [-0.05, 0) is 39.0 Å². The Morgan fingerprint density at radius 1 is 1.47 bits per heavy atom. The molecular weight excluding hydrogens is 214 g/mol. The van der Waals surface area contributed by atoms with Crippen LogP contribution in [-0.4, -0.2) is 22.8 Å². The molecule has 0 aliphatic heterocycles. The van der Waals surface area contributed by atoms with Gasteiger partial charge in [0.25, 0.3) is 0 Å². The van der Waals surface area contributed by atoms with Crippen LogP contribution in [0.1, 0.15) is 25.7 Å². The lowest BCUT2D eigenvalue weighted by Gasteiger charge is -2.16. The molecule has 0 saturated carbocycles. The van der Waals surface area contributed by atoms with Crippen LogP contribution < -0.4 is 5.73 Å². The minimum atomic E-state index is 0.281. The van der Waals surface area contributed by atoms with Crippen molar-refractivity contribution in [2.45, 2.75) is 26.8 Å². The van der Waals surface area contributed by atoms with Gasteiger partial charge in [-0.15, -0.1) is 0 Å². The lowest BCUT2D eigenvalue weighted by Crippen LogP contribution is -2.13. The molecule has 1 aromatic carbocycles. The molecule has 1 heterocycles. The third-order valence-corrected chi connectivity index (χ3v) is 2.89. The summed E-state index contributed by atoms with van der Waals surface area (Å²) in [5.74, 6) is 0.998. The molecule has 0 amide bonds. The third-order valence-electron chi connectivity index (χ3n) is 2.89. The molecule has 17 heavy (non-hydrogen) atoms. The van der Waals surface area contributed by atoms with Gasteiger partial charge in [-0.2, -0.15) is 0 Å². The van der Waals surface area contributed by atoms with E-state index in [4.69, 9.17) is 10.5 Å². The molecule has 0 spiro atoms. The molecule has 92 valence electrons. The quantitative estimate of drug-likeness (QED) is 0.825. The number of fused-ring (bicyclic) bond motifs is 1. The normalized spacial score (nSPS) is 13.1. The highest BCUT2D eigenvalue weighted by Gasteiger charge is 2.13. The van der Waals surface area contributed by atoms with Gasteiger partial charge in [0, 0.05) is 12.3 Å². The fourth-order valence-electron chi connectivity index (χ4n) is 2.16. The molecule has 1 aromatic heterocycles. The van der Waals surface area contributed by atoms with Gasteiger partial charge in [0.2, 0.25) is 0 Å². The number of ether oxygens (including phenoxy) is 1. The Labute approximate surface area is 101 Å². The monoisotopic (exact) mass is 233 g/mol. The van der Waals surface area contributed by atoms with E-state index in [1.807, 2.05) is 32.0 Å². The highest BCUT2D eigenvalue weighted by Crippen LogP contribution is 2.22. The molecule has 4 nitrogen and oxygen atoms in total. The number of nitrogens with two attached hydrogens (primary N) is 1. The minimum Gasteiger partial charge on any atom is -0.399 e. The number of nitrogens with zero attached hydrogens (tertiary/aromatic N) is 2. The fourth-order valence-corrected chi connectivity index (χ4v) is 2.16. The van der Waals surface area contributed by atoms with Crippen molar-refractivity contribution < 1.29 is 4.74 Å². The molecule has 0 bridgehead atoms. The maximum Gasteiger partial charge on any atom is 0.107 e. The summed E-state index contributed by atoms with van der Waals surface area (Å²) in [4.78, 5) is 4.53. The summed E-state index contributed by atoms with van der Waals surface area (Å²) in [5.41, 5.74) is 8.58. The van der Waals surface area contributed by atoms with E-state index >= 15 is 0 Å². The highest BCUT2D eigenvalue weighted by molar-refractivity contribution is 5.79. The van der Waals surface area contributed by atoms with E-state index in [0.717, 1.165) is 29.2 Å². The Bertz CT molecular complexity index is 519. The van der Waals surface area contributed by atoms with E-state index in [-0.39, 0.29) is 6.04 Å². The number of aromatic nitrogens is 2. The average Bonchev–Trinajstić information content (AvgIpc) is 2.61. The van der Waals surface area contributed by atoms with Crippen LogP contribution in [0.25, 0.3) is 11.0 Å². The van der Waals surface area contributed by atoms with E-state index in [2.05, 4.69) is 16.5 Å². The molecule has 4 heteroatoms. The van der Waals surface area contributed by atoms with Crippen LogP contribution >= 0.6 is 0 Å². The first kappa shape index (κ1) is 11.9. The maximum atomic E-state index is 5.77. The Balaban J connectivity index is 2.42. The topological polar surface area (TPSA) is 53.1 Å². The van der Waals surface area contributed by atoms with Crippen LogP contribution in [0, 0.1) is 6.92 Å². The predicted octanol–water partition coefficient (Wildman–Crippen LogP) is 2.52. The lowest BCUT2D eigenvalue weighted by atomic mass is 10.2. The number of benzene rings is 1.